The monoisotopic (exact) mass is 141 g/mol. The second-order valence-electron chi connectivity index (χ2n) is 3.46. The molecule has 1 atom stereocenters. The number of aldehydes is 1. The Balaban J connectivity index is 2.39. The van der Waals surface area contributed by atoms with Crippen molar-refractivity contribution in [2.75, 3.05) is 13.1 Å². The number of hydrogen-bond donors (Lipinski definition) is 1. The highest BCUT2D eigenvalue weighted by molar-refractivity contribution is 5.50. The van der Waals surface area contributed by atoms with E-state index >= 15 is 0 Å². The third-order valence-electron chi connectivity index (χ3n) is 2.26. The summed E-state index contributed by atoms with van der Waals surface area (Å²) in [6.45, 7) is 4.30. The van der Waals surface area contributed by atoms with Crippen LogP contribution in [0.25, 0.3) is 0 Å². The van der Waals surface area contributed by atoms with Gasteiger partial charge in [-0.15, -0.1) is 0 Å². The van der Waals surface area contributed by atoms with Gasteiger partial charge in [0.2, 0.25) is 0 Å². The van der Waals surface area contributed by atoms with Crippen LogP contribution >= 0.6 is 0 Å². The zero-order chi connectivity index (χ0) is 7.45. The van der Waals surface area contributed by atoms with Gasteiger partial charge in [0.1, 0.15) is 6.29 Å². The van der Waals surface area contributed by atoms with Gasteiger partial charge in [0, 0.05) is 13.0 Å². The molecule has 1 aliphatic heterocycles. The molecule has 1 N–H and O–H groups in total. The summed E-state index contributed by atoms with van der Waals surface area (Å²) in [5.41, 5.74) is 0.250. The molecule has 0 aliphatic carbocycles. The van der Waals surface area contributed by atoms with E-state index in [1.54, 1.807) is 0 Å². The van der Waals surface area contributed by atoms with Crippen LogP contribution in [0.3, 0.4) is 0 Å². The van der Waals surface area contributed by atoms with Crippen molar-refractivity contribution in [3.05, 3.63) is 0 Å². The Hall–Kier alpha value is -0.370. The van der Waals surface area contributed by atoms with Gasteiger partial charge in [0.25, 0.3) is 0 Å². The van der Waals surface area contributed by atoms with E-state index in [9.17, 15) is 4.79 Å². The molecular weight excluding hydrogens is 126 g/mol. The average Bonchev–Trinajstić information content (AvgIpc) is 1.89. The largest absolute Gasteiger partial charge is 0.316 e. The number of piperidine rings is 1. The SMILES string of the molecule is CC1(CC=O)CCCNC1. The van der Waals surface area contributed by atoms with Gasteiger partial charge in [-0.1, -0.05) is 6.92 Å². The summed E-state index contributed by atoms with van der Waals surface area (Å²) < 4.78 is 0. The zero-order valence-electron chi connectivity index (χ0n) is 6.52. The molecular formula is C8H15NO. The average molecular weight is 141 g/mol. The summed E-state index contributed by atoms with van der Waals surface area (Å²) in [4.78, 5) is 10.3. The Bertz CT molecular complexity index is 116. The van der Waals surface area contributed by atoms with Crippen molar-refractivity contribution < 1.29 is 4.79 Å². The molecule has 1 saturated heterocycles. The lowest BCUT2D eigenvalue weighted by Gasteiger charge is -2.32. The minimum atomic E-state index is 0.250. The van der Waals surface area contributed by atoms with Crippen LogP contribution in [-0.4, -0.2) is 19.4 Å². The Labute approximate surface area is 62.0 Å². The van der Waals surface area contributed by atoms with Crippen LogP contribution in [0, 0.1) is 5.41 Å². The molecule has 10 heavy (non-hydrogen) atoms. The molecule has 1 rings (SSSR count). The maximum Gasteiger partial charge on any atom is 0.120 e. The fourth-order valence-electron chi connectivity index (χ4n) is 1.49. The van der Waals surface area contributed by atoms with Crippen LogP contribution in [0.4, 0.5) is 0 Å². The summed E-state index contributed by atoms with van der Waals surface area (Å²) in [5.74, 6) is 0. The lowest BCUT2D eigenvalue weighted by atomic mass is 9.80. The van der Waals surface area contributed by atoms with E-state index in [0.29, 0.717) is 6.42 Å². The second kappa shape index (κ2) is 3.15. The zero-order valence-corrected chi connectivity index (χ0v) is 6.52. The van der Waals surface area contributed by atoms with Crippen LogP contribution in [0.1, 0.15) is 26.2 Å². The highest BCUT2D eigenvalue weighted by Crippen LogP contribution is 2.27. The Morgan fingerprint density at radius 3 is 3.00 bits per heavy atom. The van der Waals surface area contributed by atoms with Crippen LogP contribution in [-0.2, 0) is 4.79 Å². The van der Waals surface area contributed by atoms with Gasteiger partial charge in [-0.2, -0.15) is 0 Å². The molecule has 0 radical (unpaired) electrons. The molecule has 2 heteroatoms. The van der Waals surface area contributed by atoms with Gasteiger partial charge in [-0.3, -0.25) is 0 Å². The quantitative estimate of drug-likeness (QED) is 0.580. The van der Waals surface area contributed by atoms with Crippen molar-refractivity contribution in [3.63, 3.8) is 0 Å². The number of nitrogens with one attached hydrogen (secondary N) is 1. The molecule has 2 nitrogen and oxygen atoms in total. The molecule has 0 spiro atoms. The van der Waals surface area contributed by atoms with Crippen LogP contribution in [0.15, 0.2) is 0 Å². The second-order valence-corrected chi connectivity index (χ2v) is 3.46. The summed E-state index contributed by atoms with van der Waals surface area (Å²) in [6, 6.07) is 0. The smallest absolute Gasteiger partial charge is 0.120 e. The van der Waals surface area contributed by atoms with E-state index in [-0.39, 0.29) is 5.41 Å². The summed E-state index contributed by atoms with van der Waals surface area (Å²) >= 11 is 0. The van der Waals surface area contributed by atoms with E-state index in [1.807, 2.05) is 0 Å². The van der Waals surface area contributed by atoms with Gasteiger partial charge >= 0.3 is 0 Å². The van der Waals surface area contributed by atoms with E-state index in [0.717, 1.165) is 19.4 Å². The van der Waals surface area contributed by atoms with Crippen LogP contribution < -0.4 is 5.32 Å². The first kappa shape index (κ1) is 7.73. The molecule has 1 heterocycles. The molecule has 0 bridgehead atoms. The minimum Gasteiger partial charge on any atom is -0.316 e. The fourth-order valence-corrected chi connectivity index (χ4v) is 1.49. The number of rotatable bonds is 2. The first-order chi connectivity index (χ1) is 4.77. The summed E-state index contributed by atoms with van der Waals surface area (Å²) in [6.07, 6.45) is 4.15. The van der Waals surface area contributed by atoms with Crippen molar-refractivity contribution in [2.45, 2.75) is 26.2 Å². The Morgan fingerprint density at radius 2 is 2.50 bits per heavy atom. The molecule has 1 aliphatic rings. The first-order valence-corrected chi connectivity index (χ1v) is 3.91. The van der Waals surface area contributed by atoms with Crippen LogP contribution in [0.2, 0.25) is 0 Å². The third-order valence-corrected chi connectivity index (χ3v) is 2.26. The van der Waals surface area contributed by atoms with Crippen molar-refractivity contribution in [1.29, 1.82) is 0 Å². The van der Waals surface area contributed by atoms with Crippen molar-refractivity contribution in [2.24, 2.45) is 5.41 Å². The molecule has 0 saturated carbocycles. The van der Waals surface area contributed by atoms with E-state index in [1.165, 1.54) is 12.8 Å². The standard InChI is InChI=1S/C8H15NO/c1-8(4-6-10)3-2-5-9-7-8/h6,9H,2-5,7H2,1H3. The Morgan fingerprint density at radius 1 is 1.70 bits per heavy atom. The van der Waals surface area contributed by atoms with Crippen LogP contribution in [0.5, 0.6) is 0 Å². The Kier molecular flexibility index (Phi) is 2.44. The topological polar surface area (TPSA) is 29.1 Å². The summed E-state index contributed by atoms with van der Waals surface area (Å²) in [5, 5.41) is 3.30. The highest BCUT2D eigenvalue weighted by Gasteiger charge is 2.25. The van der Waals surface area contributed by atoms with Gasteiger partial charge in [0.05, 0.1) is 0 Å². The molecule has 0 amide bonds. The van der Waals surface area contributed by atoms with Crippen molar-refractivity contribution in [3.8, 4) is 0 Å². The van der Waals surface area contributed by atoms with E-state index in [4.69, 9.17) is 0 Å². The predicted molar refractivity (Wildman–Crippen MR) is 40.9 cm³/mol. The summed E-state index contributed by atoms with van der Waals surface area (Å²) in [7, 11) is 0. The maximum atomic E-state index is 10.3. The lowest BCUT2D eigenvalue weighted by Crippen LogP contribution is -2.38. The lowest BCUT2D eigenvalue weighted by molar-refractivity contribution is -0.109. The molecule has 0 aromatic rings. The number of carbonyl (C=O) groups excluding carboxylic acids is 1. The minimum absolute atomic E-state index is 0.250. The molecule has 58 valence electrons. The highest BCUT2D eigenvalue weighted by atomic mass is 16.1. The van der Waals surface area contributed by atoms with E-state index in [2.05, 4.69) is 12.2 Å². The molecule has 1 fully saturated rings. The van der Waals surface area contributed by atoms with E-state index < -0.39 is 0 Å². The number of carbonyl (C=O) groups is 1. The van der Waals surface area contributed by atoms with Crippen molar-refractivity contribution in [1.82, 2.24) is 5.32 Å². The van der Waals surface area contributed by atoms with Crippen molar-refractivity contribution >= 4 is 6.29 Å². The van der Waals surface area contributed by atoms with Gasteiger partial charge < -0.3 is 10.1 Å². The fraction of sp³-hybridized carbons (Fsp3) is 0.875. The predicted octanol–water partition coefficient (Wildman–Crippen LogP) is 0.965. The molecule has 0 aromatic heterocycles. The maximum absolute atomic E-state index is 10.3. The molecule has 1 unspecified atom stereocenters. The first-order valence-electron chi connectivity index (χ1n) is 3.91. The van der Waals surface area contributed by atoms with Gasteiger partial charge in [0.15, 0.2) is 0 Å². The third kappa shape index (κ3) is 1.81. The molecule has 0 aromatic carbocycles. The number of hydrogen-bond acceptors (Lipinski definition) is 2. The normalized spacial score (nSPS) is 33.7. The van der Waals surface area contributed by atoms with Gasteiger partial charge in [-0.25, -0.2) is 0 Å². The van der Waals surface area contributed by atoms with Gasteiger partial charge in [-0.05, 0) is 24.8 Å².